The van der Waals surface area contributed by atoms with Gasteiger partial charge in [-0.1, -0.05) is 13.8 Å². The third kappa shape index (κ3) is 2.33. The number of hydrogen-bond donors (Lipinski definition) is 2. The number of nitrogens with zero attached hydrogens (tertiary/aromatic N) is 2. The van der Waals surface area contributed by atoms with Gasteiger partial charge in [0, 0.05) is 18.8 Å². The van der Waals surface area contributed by atoms with E-state index in [2.05, 4.69) is 12.0 Å². The highest BCUT2D eigenvalue weighted by atomic mass is 16.3. The van der Waals surface area contributed by atoms with Crippen LogP contribution in [0.5, 0.6) is 0 Å². The summed E-state index contributed by atoms with van der Waals surface area (Å²) >= 11 is 0. The first-order valence-corrected chi connectivity index (χ1v) is 5.16. The molecular weight excluding hydrogens is 178 g/mol. The first-order chi connectivity index (χ1) is 6.70. The van der Waals surface area contributed by atoms with E-state index < -0.39 is 6.10 Å². The van der Waals surface area contributed by atoms with Gasteiger partial charge in [0.1, 0.15) is 6.10 Å². The van der Waals surface area contributed by atoms with E-state index in [1.54, 1.807) is 6.20 Å². The minimum absolute atomic E-state index is 0.206. The quantitative estimate of drug-likeness (QED) is 0.742. The van der Waals surface area contributed by atoms with Crippen molar-refractivity contribution in [1.29, 1.82) is 0 Å². The summed E-state index contributed by atoms with van der Waals surface area (Å²) in [6, 6.07) is 1.62. The van der Waals surface area contributed by atoms with Crippen molar-refractivity contribution < 1.29 is 5.11 Å². The third-order valence-electron chi connectivity index (χ3n) is 2.36. The average Bonchev–Trinajstić information content (AvgIpc) is 2.64. The van der Waals surface area contributed by atoms with Gasteiger partial charge in [0.05, 0.1) is 5.69 Å². The Morgan fingerprint density at radius 3 is 2.86 bits per heavy atom. The van der Waals surface area contributed by atoms with Crippen LogP contribution in [0.3, 0.4) is 0 Å². The van der Waals surface area contributed by atoms with Crippen molar-refractivity contribution in [2.24, 2.45) is 5.73 Å². The zero-order chi connectivity index (χ0) is 10.6. The van der Waals surface area contributed by atoms with Crippen molar-refractivity contribution in [1.82, 2.24) is 9.78 Å². The molecule has 0 radical (unpaired) electrons. The number of nitrogens with two attached hydrogens (primary N) is 1. The van der Waals surface area contributed by atoms with E-state index in [4.69, 9.17) is 5.73 Å². The van der Waals surface area contributed by atoms with Crippen LogP contribution in [0.4, 0.5) is 0 Å². The molecule has 0 aliphatic rings. The molecule has 1 aromatic heterocycles. The van der Waals surface area contributed by atoms with Crippen LogP contribution in [0.1, 0.15) is 38.5 Å². The van der Waals surface area contributed by atoms with Crippen molar-refractivity contribution in [3.05, 3.63) is 18.0 Å². The largest absolute Gasteiger partial charge is 0.385 e. The Labute approximate surface area is 84.7 Å². The van der Waals surface area contributed by atoms with Crippen molar-refractivity contribution in [2.75, 3.05) is 0 Å². The molecule has 2 unspecified atom stereocenters. The normalized spacial score (nSPS) is 15.4. The van der Waals surface area contributed by atoms with Gasteiger partial charge in [-0.05, 0) is 18.9 Å². The van der Waals surface area contributed by atoms with E-state index in [1.165, 1.54) is 0 Å². The van der Waals surface area contributed by atoms with Crippen LogP contribution in [0.15, 0.2) is 12.3 Å². The maximum absolute atomic E-state index is 9.90. The molecule has 14 heavy (non-hydrogen) atoms. The Balaban J connectivity index is 2.77. The minimum atomic E-state index is -0.603. The van der Waals surface area contributed by atoms with Crippen LogP contribution in [0.25, 0.3) is 0 Å². The number of aromatic nitrogens is 2. The topological polar surface area (TPSA) is 64.1 Å². The fourth-order valence-electron chi connectivity index (χ4n) is 1.44. The van der Waals surface area contributed by atoms with Crippen LogP contribution in [0, 0.1) is 0 Å². The predicted octanol–water partition coefficient (Wildman–Crippen LogP) is 1.06. The molecule has 0 aliphatic carbocycles. The second kappa shape index (κ2) is 5.12. The summed E-state index contributed by atoms with van der Waals surface area (Å²) in [7, 11) is 0. The Kier molecular flexibility index (Phi) is 4.10. The SMILES string of the molecule is CCCn1nccc1C(O)C(N)CC. The van der Waals surface area contributed by atoms with Crippen LogP contribution < -0.4 is 5.73 Å². The van der Waals surface area contributed by atoms with E-state index in [0.717, 1.165) is 25.1 Å². The average molecular weight is 197 g/mol. The van der Waals surface area contributed by atoms with Gasteiger partial charge < -0.3 is 10.8 Å². The molecule has 1 rings (SSSR count). The van der Waals surface area contributed by atoms with E-state index in [0.29, 0.717) is 0 Å². The summed E-state index contributed by atoms with van der Waals surface area (Å²) in [5.74, 6) is 0. The van der Waals surface area contributed by atoms with Crippen molar-refractivity contribution in [3.63, 3.8) is 0 Å². The molecule has 4 heteroatoms. The van der Waals surface area contributed by atoms with Crippen molar-refractivity contribution >= 4 is 0 Å². The molecule has 0 aliphatic heterocycles. The molecule has 0 aromatic carbocycles. The lowest BCUT2D eigenvalue weighted by molar-refractivity contribution is 0.134. The van der Waals surface area contributed by atoms with Crippen LogP contribution in [-0.4, -0.2) is 20.9 Å². The van der Waals surface area contributed by atoms with E-state index >= 15 is 0 Å². The van der Waals surface area contributed by atoms with Crippen molar-refractivity contribution in [2.45, 2.75) is 45.4 Å². The van der Waals surface area contributed by atoms with E-state index in [1.807, 2.05) is 17.7 Å². The van der Waals surface area contributed by atoms with E-state index in [9.17, 15) is 5.11 Å². The molecule has 1 heterocycles. The number of hydrogen-bond acceptors (Lipinski definition) is 3. The second-order valence-electron chi connectivity index (χ2n) is 3.50. The smallest absolute Gasteiger partial charge is 0.111 e. The van der Waals surface area contributed by atoms with E-state index in [-0.39, 0.29) is 6.04 Å². The lowest BCUT2D eigenvalue weighted by Gasteiger charge is -2.18. The molecule has 0 fully saturated rings. The summed E-state index contributed by atoms with van der Waals surface area (Å²) in [5.41, 5.74) is 6.60. The molecule has 0 bridgehead atoms. The van der Waals surface area contributed by atoms with Gasteiger partial charge in [-0.15, -0.1) is 0 Å². The molecule has 0 saturated carbocycles. The van der Waals surface area contributed by atoms with Crippen LogP contribution in [0.2, 0.25) is 0 Å². The maximum Gasteiger partial charge on any atom is 0.111 e. The highest BCUT2D eigenvalue weighted by Crippen LogP contribution is 2.17. The second-order valence-corrected chi connectivity index (χ2v) is 3.50. The highest BCUT2D eigenvalue weighted by molar-refractivity contribution is 5.06. The van der Waals surface area contributed by atoms with Gasteiger partial charge in [-0.2, -0.15) is 5.10 Å². The molecule has 3 N–H and O–H groups in total. The summed E-state index contributed by atoms with van der Waals surface area (Å²) in [6.07, 6.45) is 2.87. The standard InChI is InChI=1S/C10H19N3O/c1-3-7-13-9(5-6-12-13)10(14)8(11)4-2/h5-6,8,10,14H,3-4,7,11H2,1-2H3. The summed E-state index contributed by atoms with van der Waals surface area (Å²) in [6.45, 7) is 4.88. The van der Waals surface area contributed by atoms with Gasteiger partial charge in [-0.25, -0.2) is 0 Å². The van der Waals surface area contributed by atoms with Gasteiger partial charge in [0.15, 0.2) is 0 Å². The first kappa shape index (κ1) is 11.2. The molecule has 80 valence electrons. The number of aliphatic hydroxyl groups is 1. The minimum Gasteiger partial charge on any atom is -0.385 e. The van der Waals surface area contributed by atoms with Gasteiger partial charge >= 0.3 is 0 Å². The molecule has 0 saturated heterocycles. The Hall–Kier alpha value is -0.870. The monoisotopic (exact) mass is 197 g/mol. The zero-order valence-electron chi connectivity index (χ0n) is 8.85. The summed E-state index contributed by atoms with van der Waals surface area (Å²) in [5, 5.41) is 14.0. The molecule has 2 atom stereocenters. The fraction of sp³-hybridized carbons (Fsp3) is 0.700. The number of aryl methyl sites for hydroxylation is 1. The van der Waals surface area contributed by atoms with Gasteiger partial charge in [0.2, 0.25) is 0 Å². The molecular formula is C10H19N3O. The summed E-state index contributed by atoms with van der Waals surface area (Å²) in [4.78, 5) is 0. The van der Waals surface area contributed by atoms with Crippen LogP contribution in [-0.2, 0) is 6.54 Å². The fourth-order valence-corrected chi connectivity index (χ4v) is 1.44. The van der Waals surface area contributed by atoms with Gasteiger partial charge in [0.25, 0.3) is 0 Å². The molecule has 1 aromatic rings. The lowest BCUT2D eigenvalue weighted by Crippen LogP contribution is -2.29. The Morgan fingerprint density at radius 1 is 1.57 bits per heavy atom. The zero-order valence-corrected chi connectivity index (χ0v) is 8.85. The number of aliphatic hydroxyl groups excluding tert-OH is 1. The van der Waals surface area contributed by atoms with Gasteiger partial charge in [-0.3, -0.25) is 4.68 Å². The van der Waals surface area contributed by atoms with Crippen molar-refractivity contribution in [3.8, 4) is 0 Å². The third-order valence-corrected chi connectivity index (χ3v) is 2.36. The first-order valence-electron chi connectivity index (χ1n) is 5.16. The molecule has 0 spiro atoms. The summed E-state index contributed by atoms with van der Waals surface area (Å²) < 4.78 is 1.82. The predicted molar refractivity (Wildman–Crippen MR) is 55.7 cm³/mol. The van der Waals surface area contributed by atoms with Crippen LogP contribution >= 0.6 is 0 Å². The maximum atomic E-state index is 9.90. The lowest BCUT2D eigenvalue weighted by atomic mass is 10.1. The Bertz CT molecular complexity index is 272. The number of rotatable bonds is 5. The Morgan fingerprint density at radius 2 is 2.29 bits per heavy atom. The molecule has 0 amide bonds. The molecule has 4 nitrogen and oxygen atoms in total. The highest BCUT2D eigenvalue weighted by Gasteiger charge is 2.18.